The summed E-state index contributed by atoms with van der Waals surface area (Å²) in [5, 5.41) is 8.77. The lowest BCUT2D eigenvalue weighted by atomic mass is 10.1. The Morgan fingerprint density at radius 1 is 1.06 bits per heavy atom. The zero-order valence-corrected chi connectivity index (χ0v) is 20.6. The third-order valence-electron chi connectivity index (χ3n) is 4.38. The molecule has 1 amide bonds. The predicted molar refractivity (Wildman–Crippen MR) is 131 cm³/mol. The van der Waals surface area contributed by atoms with E-state index in [1.165, 1.54) is 7.11 Å². The van der Waals surface area contributed by atoms with E-state index < -0.39 is 9.96 Å². The van der Waals surface area contributed by atoms with Crippen LogP contribution in [-0.4, -0.2) is 35.2 Å². The molecule has 1 unspecified atom stereocenters. The van der Waals surface area contributed by atoms with Crippen LogP contribution in [0, 0.1) is 13.8 Å². The molecular weight excluding hydrogens is 481 g/mol. The van der Waals surface area contributed by atoms with Crippen molar-refractivity contribution >= 4 is 63.7 Å². The van der Waals surface area contributed by atoms with Crippen molar-refractivity contribution < 1.29 is 14.3 Å². The molecule has 0 saturated carbocycles. The van der Waals surface area contributed by atoms with Gasteiger partial charge in [-0.05, 0) is 43.8 Å². The van der Waals surface area contributed by atoms with Gasteiger partial charge in [-0.2, -0.15) is 0 Å². The average molecular weight is 505 g/mol. The van der Waals surface area contributed by atoms with Crippen molar-refractivity contribution in [3.63, 3.8) is 0 Å². The van der Waals surface area contributed by atoms with Crippen LogP contribution in [0.2, 0.25) is 0 Å². The van der Waals surface area contributed by atoms with E-state index in [-0.39, 0.29) is 17.4 Å². The summed E-state index contributed by atoms with van der Waals surface area (Å²) in [5.41, 5.74) is 3.59. The van der Waals surface area contributed by atoms with E-state index in [2.05, 4.69) is 16.0 Å². The normalized spacial score (nSPS) is 12.0. The van der Waals surface area contributed by atoms with Crippen molar-refractivity contribution in [2.24, 2.45) is 0 Å². The molecule has 0 heterocycles. The highest BCUT2D eigenvalue weighted by atomic mass is 35.6. The maximum atomic E-state index is 12.6. The van der Waals surface area contributed by atoms with Crippen LogP contribution >= 0.6 is 47.0 Å². The Kier molecular flexibility index (Phi) is 9.06. The maximum Gasteiger partial charge on any atom is 0.228 e. The fourth-order valence-electron chi connectivity index (χ4n) is 2.83. The van der Waals surface area contributed by atoms with Gasteiger partial charge in [-0.25, -0.2) is 0 Å². The van der Waals surface area contributed by atoms with Crippen LogP contribution in [0.1, 0.15) is 16.7 Å². The van der Waals surface area contributed by atoms with Crippen LogP contribution in [0.4, 0.5) is 5.69 Å². The molecule has 0 spiro atoms. The largest absolute Gasteiger partial charge is 0.497 e. The summed E-state index contributed by atoms with van der Waals surface area (Å²) in [5.74, 6) is 0.742. The molecule has 3 N–H and O–H groups in total. The standard InChI is InChI=1S/C21H24Cl3N3O3S/c1-12-5-8-16(13(2)9-12)25-20(31)27-19(21(22,23)24)26-18(28)10-14-6-7-15(29-3)11-17(14)30-4/h5-9,11,19H,10H2,1-4H3,(H,26,28)(H2,25,27,31). The SMILES string of the molecule is COc1ccc(CC(=O)NC(NC(=S)Nc2ccc(C)cc2C)C(Cl)(Cl)Cl)c(OC)c1. The monoisotopic (exact) mass is 503 g/mol. The molecule has 0 bridgehead atoms. The lowest BCUT2D eigenvalue weighted by molar-refractivity contribution is -0.121. The van der Waals surface area contributed by atoms with Gasteiger partial charge in [0.05, 0.1) is 20.6 Å². The molecule has 2 rings (SSSR count). The minimum atomic E-state index is -1.85. The fraction of sp³-hybridized carbons (Fsp3) is 0.333. The second-order valence-electron chi connectivity index (χ2n) is 6.81. The van der Waals surface area contributed by atoms with E-state index in [1.807, 2.05) is 32.0 Å². The average Bonchev–Trinajstić information content (AvgIpc) is 2.69. The number of ether oxygens (including phenoxy) is 2. The van der Waals surface area contributed by atoms with Crippen LogP contribution in [0.25, 0.3) is 0 Å². The van der Waals surface area contributed by atoms with Gasteiger partial charge in [-0.15, -0.1) is 0 Å². The number of halogens is 3. The van der Waals surface area contributed by atoms with Gasteiger partial charge >= 0.3 is 0 Å². The van der Waals surface area contributed by atoms with Gasteiger partial charge < -0.3 is 25.4 Å². The molecule has 0 saturated heterocycles. The first-order chi connectivity index (χ1) is 14.5. The zero-order valence-electron chi connectivity index (χ0n) is 17.5. The topological polar surface area (TPSA) is 71.6 Å². The Labute approximate surface area is 202 Å². The van der Waals surface area contributed by atoms with E-state index in [9.17, 15) is 4.79 Å². The van der Waals surface area contributed by atoms with Gasteiger partial charge in [0, 0.05) is 17.3 Å². The minimum Gasteiger partial charge on any atom is -0.497 e. The van der Waals surface area contributed by atoms with E-state index in [0.717, 1.165) is 16.8 Å². The fourth-order valence-corrected chi connectivity index (χ4v) is 3.38. The van der Waals surface area contributed by atoms with Crippen LogP contribution in [-0.2, 0) is 11.2 Å². The highest BCUT2D eigenvalue weighted by molar-refractivity contribution is 7.80. The van der Waals surface area contributed by atoms with E-state index >= 15 is 0 Å². The van der Waals surface area contributed by atoms with Crippen molar-refractivity contribution in [1.82, 2.24) is 10.6 Å². The van der Waals surface area contributed by atoms with Crippen molar-refractivity contribution in [3.05, 3.63) is 53.1 Å². The minimum absolute atomic E-state index is 0.00333. The van der Waals surface area contributed by atoms with E-state index in [4.69, 9.17) is 56.5 Å². The third kappa shape index (κ3) is 7.61. The van der Waals surface area contributed by atoms with E-state index in [1.54, 1.807) is 25.3 Å². The van der Waals surface area contributed by atoms with Crippen molar-refractivity contribution in [2.75, 3.05) is 19.5 Å². The molecule has 0 radical (unpaired) electrons. The maximum absolute atomic E-state index is 12.6. The Bertz CT molecular complexity index is 951. The number of nitrogens with one attached hydrogen (secondary N) is 3. The number of benzene rings is 2. The second kappa shape index (κ2) is 11.1. The molecule has 0 aliphatic carbocycles. The quantitative estimate of drug-likeness (QED) is 0.289. The van der Waals surface area contributed by atoms with Crippen LogP contribution < -0.4 is 25.4 Å². The second-order valence-corrected chi connectivity index (χ2v) is 9.59. The number of aryl methyl sites for hydroxylation is 2. The molecule has 2 aromatic carbocycles. The van der Waals surface area contributed by atoms with Crippen molar-refractivity contribution in [3.8, 4) is 11.5 Å². The molecule has 168 valence electrons. The van der Waals surface area contributed by atoms with Crippen molar-refractivity contribution in [2.45, 2.75) is 30.2 Å². The van der Waals surface area contributed by atoms with E-state index in [0.29, 0.717) is 17.1 Å². The van der Waals surface area contributed by atoms with Gasteiger partial charge in [0.2, 0.25) is 9.70 Å². The van der Waals surface area contributed by atoms with Gasteiger partial charge in [-0.1, -0.05) is 58.6 Å². The van der Waals surface area contributed by atoms with Crippen LogP contribution in [0.15, 0.2) is 36.4 Å². The molecule has 0 fully saturated rings. The number of thiocarbonyl (C=S) groups is 1. The molecule has 0 aliphatic heterocycles. The number of hydrogen-bond donors (Lipinski definition) is 3. The smallest absolute Gasteiger partial charge is 0.228 e. The molecule has 0 aliphatic rings. The highest BCUT2D eigenvalue weighted by Crippen LogP contribution is 2.30. The third-order valence-corrected chi connectivity index (χ3v) is 5.26. The lowest BCUT2D eigenvalue weighted by Crippen LogP contribution is -2.56. The summed E-state index contributed by atoms with van der Waals surface area (Å²) in [4.78, 5) is 12.6. The number of anilines is 1. The van der Waals surface area contributed by atoms with Gasteiger partial charge in [0.15, 0.2) is 5.11 Å². The highest BCUT2D eigenvalue weighted by Gasteiger charge is 2.34. The summed E-state index contributed by atoms with van der Waals surface area (Å²) >= 11 is 23.5. The van der Waals surface area contributed by atoms with Crippen LogP contribution in [0.5, 0.6) is 11.5 Å². The number of methoxy groups -OCH3 is 2. The molecule has 1 atom stereocenters. The molecule has 2 aromatic rings. The number of rotatable bonds is 7. The Morgan fingerprint density at radius 2 is 1.77 bits per heavy atom. The predicted octanol–water partition coefficient (Wildman–Crippen LogP) is 4.66. The summed E-state index contributed by atoms with van der Waals surface area (Å²) < 4.78 is 8.64. The number of amides is 1. The molecular formula is C21H24Cl3N3O3S. The summed E-state index contributed by atoms with van der Waals surface area (Å²) in [6, 6.07) is 11.0. The van der Waals surface area contributed by atoms with Crippen LogP contribution in [0.3, 0.4) is 0 Å². The van der Waals surface area contributed by atoms with Gasteiger partial charge in [-0.3, -0.25) is 4.79 Å². The first-order valence-corrected chi connectivity index (χ1v) is 10.8. The Balaban J connectivity index is 2.07. The summed E-state index contributed by atoms with van der Waals surface area (Å²) in [6.45, 7) is 3.95. The molecule has 0 aromatic heterocycles. The van der Waals surface area contributed by atoms with Crippen molar-refractivity contribution in [1.29, 1.82) is 0 Å². The zero-order chi connectivity index (χ0) is 23.2. The number of alkyl halides is 3. The Hall–Kier alpha value is -1.93. The summed E-state index contributed by atoms with van der Waals surface area (Å²) in [6.07, 6.45) is -1.07. The number of carbonyl (C=O) groups excluding carboxylic acids is 1. The first kappa shape index (κ1) is 25.3. The number of carbonyl (C=O) groups is 1. The number of hydrogen-bond acceptors (Lipinski definition) is 4. The molecule has 31 heavy (non-hydrogen) atoms. The summed E-state index contributed by atoms with van der Waals surface area (Å²) in [7, 11) is 3.06. The van der Waals surface area contributed by atoms with Gasteiger partial charge in [0.25, 0.3) is 0 Å². The molecule has 6 nitrogen and oxygen atoms in total. The lowest BCUT2D eigenvalue weighted by Gasteiger charge is -2.28. The van der Waals surface area contributed by atoms with Gasteiger partial charge in [0.1, 0.15) is 17.7 Å². The first-order valence-electron chi connectivity index (χ1n) is 9.25. The Morgan fingerprint density at radius 3 is 2.35 bits per heavy atom. The molecule has 10 heteroatoms.